The molecule has 1 aliphatic carbocycles. The van der Waals surface area contributed by atoms with Crippen molar-refractivity contribution < 1.29 is 13.2 Å². The normalized spacial score (nSPS) is 17.9. The Kier molecular flexibility index (Phi) is 5.84. The van der Waals surface area contributed by atoms with E-state index in [4.69, 9.17) is 0 Å². The molecular weight excluding hydrogens is 402 g/mol. The van der Waals surface area contributed by atoms with E-state index in [1.165, 1.54) is 22.7 Å². The van der Waals surface area contributed by atoms with Gasteiger partial charge in [0.15, 0.2) is 0 Å². The average molecular weight is 432 g/mol. The van der Waals surface area contributed by atoms with Crippen LogP contribution in [-0.4, -0.2) is 60.3 Å². The van der Waals surface area contributed by atoms with Gasteiger partial charge in [0.25, 0.3) is 0 Å². The molecule has 2 aromatic rings. The molecule has 0 radical (unpaired) electrons. The Balaban J connectivity index is 1.34. The number of carbonyl (C=O) groups excluding carboxylic acids is 1. The van der Waals surface area contributed by atoms with Crippen LogP contribution in [0.2, 0.25) is 0 Å². The van der Waals surface area contributed by atoms with Crippen LogP contribution in [0.3, 0.4) is 0 Å². The fourth-order valence-electron chi connectivity index (χ4n) is 3.80. The highest BCUT2D eigenvalue weighted by Crippen LogP contribution is 2.32. The molecule has 1 saturated heterocycles. The molecule has 162 valence electrons. The molecule has 2 fully saturated rings. The van der Waals surface area contributed by atoms with Gasteiger partial charge in [0.2, 0.25) is 15.9 Å². The molecule has 0 spiro atoms. The van der Waals surface area contributed by atoms with Gasteiger partial charge in [-0.2, -0.15) is 9.40 Å². The lowest BCUT2D eigenvalue weighted by Gasteiger charge is -2.35. The molecule has 2 aliphatic rings. The van der Waals surface area contributed by atoms with Gasteiger partial charge in [-0.15, -0.1) is 0 Å². The third kappa shape index (κ3) is 4.84. The zero-order chi connectivity index (χ0) is 21.3. The van der Waals surface area contributed by atoms with Crippen LogP contribution >= 0.6 is 0 Å². The van der Waals surface area contributed by atoms with E-state index in [1.807, 2.05) is 32.0 Å². The molecule has 1 aromatic heterocycles. The van der Waals surface area contributed by atoms with Gasteiger partial charge in [-0.1, -0.05) is 12.1 Å². The van der Waals surface area contributed by atoms with Crippen molar-refractivity contribution in [3.63, 3.8) is 0 Å². The third-order valence-corrected chi connectivity index (χ3v) is 7.50. The highest BCUT2D eigenvalue weighted by molar-refractivity contribution is 7.89. The first kappa shape index (κ1) is 20.9. The van der Waals surface area contributed by atoms with Crippen molar-refractivity contribution in [1.82, 2.24) is 14.1 Å². The van der Waals surface area contributed by atoms with Crippen LogP contribution in [0.25, 0.3) is 0 Å². The highest BCUT2D eigenvalue weighted by atomic mass is 32.2. The Bertz CT molecular complexity index is 1020. The van der Waals surface area contributed by atoms with Gasteiger partial charge in [0.05, 0.1) is 6.20 Å². The number of piperazine rings is 1. The standard InChI is InChI=1S/C21H29N5O3S/c1-16-4-3-5-19(12-16)24-8-10-25(11-9-24)30(28,29)15-20(27)23-21-17(2)13-22-26(21)14-18-6-7-18/h3-5,12-13,18H,6-11,14-15H2,1-2H3,(H,23,27). The number of carbonyl (C=O) groups is 1. The molecule has 2 heterocycles. The lowest BCUT2D eigenvalue weighted by atomic mass is 10.2. The molecule has 0 atom stereocenters. The van der Waals surface area contributed by atoms with E-state index in [0.717, 1.165) is 17.8 Å². The first-order chi connectivity index (χ1) is 14.3. The van der Waals surface area contributed by atoms with Crippen LogP contribution in [0.4, 0.5) is 11.5 Å². The highest BCUT2D eigenvalue weighted by Gasteiger charge is 2.30. The minimum absolute atomic E-state index is 0.377. The lowest BCUT2D eigenvalue weighted by Crippen LogP contribution is -2.50. The van der Waals surface area contributed by atoms with Crippen LogP contribution < -0.4 is 10.2 Å². The maximum absolute atomic E-state index is 12.8. The first-order valence-corrected chi connectivity index (χ1v) is 12.0. The molecule has 0 bridgehead atoms. The molecule has 1 amide bonds. The van der Waals surface area contributed by atoms with E-state index in [-0.39, 0.29) is 0 Å². The van der Waals surface area contributed by atoms with E-state index >= 15 is 0 Å². The van der Waals surface area contributed by atoms with Gasteiger partial charge in [0.1, 0.15) is 11.6 Å². The monoisotopic (exact) mass is 431 g/mol. The third-order valence-electron chi connectivity index (χ3n) is 5.72. The van der Waals surface area contributed by atoms with Crippen LogP contribution in [-0.2, 0) is 21.4 Å². The summed E-state index contributed by atoms with van der Waals surface area (Å²) < 4.78 is 28.8. The van der Waals surface area contributed by atoms with Crippen molar-refractivity contribution in [2.45, 2.75) is 33.2 Å². The zero-order valence-electron chi connectivity index (χ0n) is 17.5. The van der Waals surface area contributed by atoms with Crippen molar-refractivity contribution in [1.29, 1.82) is 0 Å². The van der Waals surface area contributed by atoms with E-state index in [2.05, 4.69) is 21.4 Å². The Morgan fingerprint density at radius 3 is 2.57 bits per heavy atom. The van der Waals surface area contributed by atoms with Gasteiger partial charge < -0.3 is 10.2 Å². The summed E-state index contributed by atoms with van der Waals surface area (Å²) in [7, 11) is -3.67. The Hall–Kier alpha value is -2.39. The smallest absolute Gasteiger partial charge is 0.242 e. The quantitative estimate of drug-likeness (QED) is 0.725. The van der Waals surface area contributed by atoms with Gasteiger partial charge in [-0.05, 0) is 50.3 Å². The van der Waals surface area contributed by atoms with Crippen molar-refractivity contribution in [3.8, 4) is 0 Å². The zero-order valence-corrected chi connectivity index (χ0v) is 18.4. The topological polar surface area (TPSA) is 87.5 Å². The van der Waals surface area contributed by atoms with Crippen molar-refractivity contribution >= 4 is 27.4 Å². The molecule has 1 saturated carbocycles. The predicted molar refractivity (Wildman–Crippen MR) is 117 cm³/mol. The second-order valence-corrected chi connectivity index (χ2v) is 10.3. The largest absolute Gasteiger partial charge is 0.369 e. The molecule has 9 heteroatoms. The predicted octanol–water partition coefficient (Wildman–Crippen LogP) is 2.00. The number of anilines is 2. The number of nitrogens with zero attached hydrogens (tertiary/aromatic N) is 4. The Labute approximate surface area is 177 Å². The fourth-order valence-corrected chi connectivity index (χ4v) is 5.11. The average Bonchev–Trinajstić information content (AvgIpc) is 3.47. The summed E-state index contributed by atoms with van der Waals surface area (Å²) in [5.74, 6) is 0.141. The molecular formula is C21H29N5O3S. The number of sulfonamides is 1. The number of aryl methyl sites for hydroxylation is 2. The summed E-state index contributed by atoms with van der Waals surface area (Å²) in [6.07, 6.45) is 4.06. The molecule has 1 aromatic carbocycles. The van der Waals surface area contributed by atoms with Crippen LogP contribution in [0.1, 0.15) is 24.0 Å². The number of benzene rings is 1. The van der Waals surface area contributed by atoms with Crippen LogP contribution in [0.15, 0.2) is 30.5 Å². The van der Waals surface area contributed by atoms with Crippen LogP contribution in [0, 0.1) is 19.8 Å². The number of hydrogen-bond acceptors (Lipinski definition) is 5. The maximum atomic E-state index is 12.8. The second kappa shape index (κ2) is 8.39. The second-order valence-electron chi connectivity index (χ2n) is 8.33. The van der Waals surface area contributed by atoms with E-state index in [9.17, 15) is 13.2 Å². The Morgan fingerprint density at radius 2 is 1.90 bits per heavy atom. The number of hydrogen-bond donors (Lipinski definition) is 1. The van der Waals surface area contributed by atoms with E-state index in [0.29, 0.717) is 37.9 Å². The van der Waals surface area contributed by atoms with E-state index in [1.54, 1.807) is 10.9 Å². The van der Waals surface area contributed by atoms with Crippen molar-refractivity contribution in [2.24, 2.45) is 5.92 Å². The van der Waals surface area contributed by atoms with Gasteiger partial charge in [0, 0.05) is 44.0 Å². The molecule has 1 N–H and O–H groups in total. The summed E-state index contributed by atoms with van der Waals surface area (Å²) in [5.41, 5.74) is 3.12. The Morgan fingerprint density at radius 1 is 1.17 bits per heavy atom. The number of nitrogens with one attached hydrogen (secondary N) is 1. The number of aromatic nitrogens is 2. The fraction of sp³-hybridized carbons (Fsp3) is 0.524. The molecule has 4 rings (SSSR count). The van der Waals surface area contributed by atoms with Crippen LogP contribution in [0.5, 0.6) is 0 Å². The number of rotatable bonds is 7. The maximum Gasteiger partial charge on any atom is 0.242 e. The summed E-state index contributed by atoms with van der Waals surface area (Å²) in [4.78, 5) is 14.7. The van der Waals surface area contributed by atoms with Gasteiger partial charge in [-0.3, -0.25) is 4.79 Å². The summed E-state index contributed by atoms with van der Waals surface area (Å²) in [5, 5.41) is 7.09. The summed E-state index contributed by atoms with van der Waals surface area (Å²) >= 11 is 0. The molecule has 1 aliphatic heterocycles. The van der Waals surface area contributed by atoms with Crippen molar-refractivity contribution in [3.05, 3.63) is 41.6 Å². The summed E-state index contributed by atoms with van der Waals surface area (Å²) in [6, 6.07) is 8.19. The lowest BCUT2D eigenvalue weighted by molar-refractivity contribution is -0.114. The van der Waals surface area contributed by atoms with Crippen molar-refractivity contribution in [2.75, 3.05) is 42.1 Å². The first-order valence-electron chi connectivity index (χ1n) is 10.4. The van der Waals surface area contributed by atoms with E-state index < -0.39 is 21.7 Å². The minimum Gasteiger partial charge on any atom is -0.369 e. The molecule has 0 unspecified atom stereocenters. The molecule has 8 nitrogen and oxygen atoms in total. The SMILES string of the molecule is Cc1cccc(N2CCN(S(=O)(=O)CC(=O)Nc3c(C)cnn3CC3CC3)CC2)c1. The van der Waals surface area contributed by atoms with Gasteiger partial charge >= 0.3 is 0 Å². The van der Waals surface area contributed by atoms with Gasteiger partial charge in [-0.25, -0.2) is 13.1 Å². The number of amides is 1. The molecule has 30 heavy (non-hydrogen) atoms. The summed E-state index contributed by atoms with van der Waals surface area (Å²) in [6.45, 7) is 6.64. The minimum atomic E-state index is -3.67.